The summed E-state index contributed by atoms with van der Waals surface area (Å²) in [5, 5.41) is 12.4. The molecule has 5 nitrogen and oxygen atoms in total. The van der Waals surface area contributed by atoms with E-state index >= 15 is 0 Å². The summed E-state index contributed by atoms with van der Waals surface area (Å²) < 4.78 is 0. The van der Waals surface area contributed by atoms with Crippen LogP contribution >= 0.6 is 0 Å². The highest BCUT2D eigenvalue weighted by Gasteiger charge is 2.16. The fourth-order valence-corrected chi connectivity index (χ4v) is 2.66. The predicted octanol–water partition coefficient (Wildman–Crippen LogP) is 1.99. The zero-order valence-corrected chi connectivity index (χ0v) is 11.6. The number of rotatable bonds is 4. The summed E-state index contributed by atoms with van der Waals surface area (Å²) in [7, 11) is 0. The molecule has 1 saturated heterocycles. The van der Waals surface area contributed by atoms with Gasteiger partial charge in [0, 0.05) is 11.3 Å². The monoisotopic (exact) mass is 283 g/mol. The number of carboxylic acid groups (broad SMARTS) is 1. The number of benzene rings is 1. The summed E-state index contributed by atoms with van der Waals surface area (Å²) in [5.74, 6) is -0.304. The first-order valence-corrected chi connectivity index (χ1v) is 7.08. The minimum Gasteiger partial charge on any atom is -0.478 e. The van der Waals surface area contributed by atoms with Crippen LogP contribution in [0.3, 0.4) is 0 Å². The molecule has 2 N–H and O–H groups in total. The Morgan fingerprint density at radius 3 is 3.00 bits per heavy atom. The quantitative estimate of drug-likeness (QED) is 0.897. The van der Waals surface area contributed by atoms with Crippen LogP contribution in [0.4, 0.5) is 0 Å². The van der Waals surface area contributed by atoms with E-state index in [4.69, 9.17) is 5.11 Å². The summed E-state index contributed by atoms with van der Waals surface area (Å²) in [4.78, 5) is 19.6. The van der Waals surface area contributed by atoms with E-state index < -0.39 is 5.97 Å². The maximum atomic E-state index is 11.0. The highest BCUT2D eigenvalue weighted by atomic mass is 16.4. The molecule has 1 aromatic heterocycles. The number of carbonyl (C=O) groups is 1. The van der Waals surface area contributed by atoms with Crippen molar-refractivity contribution in [1.82, 2.24) is 15.3 Å². The van der Waals surface area contributed by atoms with Gasteiger partial charge in [-0.1, -0.05) is 12.1 Å². The maximum absolute atomic E-state index is 11.0. The molecule has 1 aliphatic heterocycles. The third-order valence-electron chi connectivity index (χ3n) is 3.79. The first-order chi connectivity index (χ1) is 10.2. The van der Waals surface area contributed by atoms with Crippen LogP contribution in [0.1, 0.15) is 22.5 Å². The van der Waals surface area contributed by atoms with E-state index in [1.54, 1.807) is 24.5 Å². The van der Waals surface area contributed by atoms with Crippen molar-refractivity contribution in [2.45, 2.75) is 12.8 Å². The molecule has 0 bridgehead atoms. The van der Waals surface area contributed by atoms with Gasteiger partial charge in [0.2, 0.25) is 0 Å². The molecule has 1 aliphatic rings. The number of aromatic carboxylic acids is 1. The molecule has 2 aromatic rings. The summed E-state index contributed by atoms with van der Waals surface area (Å²) in [6, 6.07) is 8.79. The number of aromatic nitrogens is 2. The zero-order chi connectivity index (χ0) is 14.7. The second-order valence-corrected chi connectivity index (χ2v) is 5.34. The Bertz CT molecular complexity index is 651. The molecule has 5 heteroatoms. The van der Waals surface area contributed by atoms with E-state index in [-0.39, 0.29) is 5.56 Å². The van der Waals surface area contributed by atoms with Gasteiger partial charge in [-0.15, -0.1) is 0 Å². The van der Waals surface area contributed by atoms with Crippen molar-refractivity contribution in [3.63, 3.8) is 0 Å². The van der Waals surface area contributed by atoms with Crippen LogP contribution in [0.2, 0.25) is 0 Å². The second kappa shape index (κ2) is 6.01. The van der Waals surface area contributed by atoms with Crippen LogP contribution in [0.15, 0.2) is 36.7 Å². The van der Waals surface area contributed by atoms with Gasteiger partial charge in [-0.3, -0.25) is 0 Å². The topological polar surface area (TPSA) is 75.1 Å². The average Bonchev–Trinajstić information content (AvgIpc) is 3.00. The molecule has 0 aliphatic carbocycles. The van der Waals surface area contributed by atoms with Crippen LogP contribution < -0.4 is 5.32 Å². The first kappa shape index (κ1) is 13.7. The largest absolute Gasteiger partial charge is 0.478 e. The summed E-state index contributed by atoms with van der Waals surface area (Å²) >= 11 is 0. The van der Waals surface area contributed by atoms with Crippen LogP contribution in [0.25, 0.3) is 11.3 Å². The molecule has 2 heterocycles. The molecule has 0 amide bonds. The number of nitrogens with one attached hydrogen (secondary N) is 1. The number of hydrogen-bond acceptors (Lipinski definition) is 4. The normalized spacial score (nSPS) is 17.8. The molecule has 1 aromatic carbocycles. The summed E-state index contributed by atoms with van der Waals surface area (Å²) in [6.07, 6.45) is 3.66. The molecular formula is C16H17N3O2. The molecule has 0 saturated carbocycles. The molecular weight excluding hydrogens is 266 g/mol. The van der Waals surface area contributed by atoms with E-state index in [0.29, 0.717) is 5.92 Å². The Balaban J connectivity index is 1.85. The second-order valence-electron chi connectivity index (χ2n) is 5.34. The van der Waals surface area contributed by atoms with Gasteiger partial charge in [0.25, 0.3) is 0 Å². The molecule has 0 radical (unpaired) electrons. The fourth-order valence-electron chi connectivity index (χ4n) is 2.66. The van der Waals surface area contributed by atoms with Crippen molar-refractivity contribution in [2.75, 3.05) is 13.1 Å². The first-order valence-electron chi connectivity index (χ1n) is 7.08. The van der Waals surface area contributed by atoms with Crippen LogP contribution in [-0.4, -0.2) is 34.1 Å². The lowest BCUT2D eigenvalue weighted by atomic mass is 10.0. The van der Waals surface area contributed by atoms with E-state index in [1.807, 2.05) is 12.1 Å². The van der Waals surface area contributed by atoms with Crippen molar-refractivity contribution < 1.29 is 9.90 Å². The average molecular weight is 283 g/mol. The van der Waals surface area contributed by atoms with Crippen molar-refractivity contribution in [1.29, 1.82) is 0 Å². The van der Waals surface area contributed by atoms with Crippen molar-refractivity contribution in [2.24, 2.45) is 5.92 Å². The summed E-state index contributed by atoms with van der Waals surface area (Å²) in [6.45, 7) is 2.11. The van der Waals surface area contributed by atoms with E-state index in [2.05, 4.69) is 15.3 Å². The van der Waals surface area contributed by atoms with Gasteiger partial charge >= 0.3 is 5.97 Å². The Morgan fingerprint density at radius 1 is 1.33 bits per heavy atom. The van der Waals surface area contributed by atoms with Crippen LogP contribution in [0.5, 0.6) is 0 Å². The van der Waals surface area contributed by atoms with E-state index in [0.717, 1.165) is 36.5 Å². The molecule has 0 spiro atoms. The van der Waals surface area contributed by atoms with Gasteiger partial charge in [0.1, 0.15) is 6.33 Å². The van der Waals surface area contributed by atoms with Crippen LogP contribution in [0, 0.1) is 5.92 Å². The lowest BCUT2D eigenvalue weighted by molar-refractivity contribution is 0.0697. The van der Waals surface area contributed by atoms with Gasteiger partial charge in [0.05, 0.1) is 11.3 Å². The fraction of sp³-hybridized carbons (Fsp3) is 0.312. The number of nitrogens with zero attached hydrogens (tertiary/aromatic N) is 2. The van der Waals surface area contributed by atoms with Crippen LogP contribution in [-0.2, 0) is 6.42 Å². The smallest absolute Gasteiger partial charge is 0.335 e. The molecule has 0 unspecified atom stereocenters. The summed E-state index contributed by atoms with van der Waals surface area (Å²) in [5.41, 5.74) is 2.86. The van der Waals surface area contributed by atoms with Gasteiger partial charge < -0.3 is 10.4 Å². The van der Waals surface area contributed by atoms with Gasteiger partial charge in [0.15, 0.2) is 0 Å². The Labute approximate surface area is 123 Å². The zero-order valence-electron chi connectivity index (χ0n) is 11.6. The van der Waals surface area contributed by atoms with Gasteiger partial charge in [-0.05, 0) is 50.0 Å². The highest BCUT2D eigenvalue weighted by molar-refractivity contribution is 5.89. The minimum atomic E-state index is -0.928. The number of carboxylic acids is 1. The standard InChI is InChI=1S/C16H17N3O2/c20-16(21)13-3-1-2-12(7-13)15-8-14(18-10-19-15)6-11-4-5-17-9-11/h1-3,7-8,10-11,17H,4-6,9H2,(H,20,21)/t11-/m1/s1. The molecule has 3 rings (SSSR count). The van der Waals surface area contributed by atoms with E-state index in [1.165, 1.54) is 6.42 Å². The highest BCUT2D eigenvalue weighted by Crippen LogP contribution is 2.20. The third-order valence-corrected chi connectivity index (χ3v) is 3.79. The van der Waals surface area contributed by atoms with Crippen molar-refractivity contribution in [3.05, 3.63) is 47.9 Å². The molecule has 1 atom stereocenters. The Kier molecular flexibility index (Phi) is 3.92. The Hall–Kier alpha value is -2.27. The van der Waals surface area contributed by atoms with E-state index in [9.17, 15) is 4.79 Å². The van der Waals surface area contributed by atoms with Crippen molar-refractivity contribution >= 4 is 5.97 Å². The molecule has 108 valence electrons. The van der Waals surface area contributed by atoms with Crippen molar-refractivity contribution in [3.8, 4) is 11.3 Å². The predicted molar refractivity (Wildman–Crippen MR) is 79.1 cm³/mol. The minimum absolute atomic E-state index is 0.271. The third kappa shape index (κ3) is 3.25. The molecule has 1 fully saturated rings. The van der Waals surface area contributed by atoms with Gasteiger partial charge in [-0.25, -0.2) is 14.8 Å². The number of hydrogen-bond donors (Lipinski definition) is 2. The molecule has 21 heavy (non-hydrogen) atoms. The van der Waals surface area contributed by atoms with Gasteiger partial charge in [-0.2, -0.15) is 0 Å². The lowest BCUT2D eigenvalue weighted by Gasteiger charge is -2.08. The lowest BCUT2D eigenvalue weighted by Crippen LogP contribution is -2.11. The Morgan fingerprint density at radius 2 is 2.24 bits per heavy atom. The SMILES string of the molecule is O=C(O)c1cccc(-c2cc(C[C@H]3CCNC3)ncn2)c1. The maximum Gasteiger partial charge on any atom is 0.335 e.